The van der Waals surface area contributed by atoms with Gasteiger partial charge in [0.05, 0.1) is 6.61 Å². The minimum Gasteiger partial charge on any atom is -0.461 e. The van der Waals surface area contributed by atoms with Gasteiger partial charge in [-0.2, -0.15) is 0 Å². The summed E-state index contributed by atoms with van der Waals surface area (Å²) in [7, 11) is 0. The van der Waals surface area contributed by atoms with Crippen LogP contribution in [0.15, 0.2) is 24.9 Å². The largest absolute Gasteiger partial charge is 0.461 e. The molecule has 5 heteroatoms. The molecule has 1 rings (SSSR count). The van der Waals surface area contributed by atoms with Gasteiger partial charge in [0, 0.05) is 12.7 Å². The van der Waals surface area contributed by atoms with E-state index in [1.165, 1.54) is 12.3 Å². The van der Waals surface area contributed by atoms with Crippen LogP contribution in [0.25, 0.3) is 0 Å². The molecule has 0 atom stereocenters. The van der Waals surface area contributed by atoms with Gasteiger partial charge in [-0.05, 0) is 13.0 Å². The fourth-order valence-electron chi connectivity index (χ4n) is 0.926. The van der Waals surface area contributed by atoms with Gasteiger partial charge in [0.2, 0.25) is 5.95 Å². The van der Waals surface area contributed by atoms with E-state index in [0.717, 1.165) is 0 Å². The Kier molecular flexibility index (Phi) is 4.28. The Bertz CT molecular complexity index is 352. The fraction of sp³-hybridized carbons (Fsp3) is 0.300. The second-order valence-corrected chi connectivity index (χ2v) is 2.66. The summed E-state index contributed by atoms with van der Waals surface area (Å²) in [6.07, 6.45) is 3.19. The van der Waals surface area contributed by atoms with Gasteiger partial charge in [-0.25, -0.2) is 14.8 Å². The summed E-state index contributed by atoms with van der Waals surface area (Å²) in [5.74, 6) is -0.0537. The van der Waals surface area contributed by atoms with Crippen molar-refractivity contribution >= 4 is 11.9 Å². The first-order valence-corrected chi connectivity index (χ1v) is 4.63. The Morgan fingerprint density at radius 2 is 2.53 bits per heavy atom. The van der Waals surface area contributed by atoms with Crippen LogP contribution >= 0.6 is 0 Å². The lowest BCUT2D eigenvalue weighted by Gasteiger charge is -2.03. The van der Waals surface area contributed by atoms with Crippen molar-refractivity contribution in [3.8, 4) is 0 Å². The summed E-state index contributed by atoms with van der Waals surface area (Å²) in [5.41, 5.74) is 0.249. The van der Waals surface area contributed by atoms with Crippen LogP contribution in [-0.4, -0.2) is 29.1 Å². The summed E-state index contributed by atoms with van der Waals surface area (Å²) >= 11 is 0. The highest BCUT2D eigenvalue weighted by Crippen LogP contribution is 2.01. The molecule has 0 aliphatic heterocycles. The normalized spacial score (nSPS) is 9.40. The molecule has 1 heterocycles. The van der Waals surface area contributed by atoms with Crippen LogP contribution in [0.3, 0.4) is 0 Å². The number of nitrogens with one attached hydrogen (secondary N) is 1. The summed E-state index contributed by atoms with van der Waals surface area (Å²) in [5, 5.41) is 2.88. The minimum absolute atomic E-state index is 0.249. The van der Waals surface area contributed by atoms with Crippen molar-refractivity contribution in [1.82, 2.24) is 9.97 Å². The predicted octanol–water partition coefficient (Wildman–Crippen LogP) is 1.25. The van der Waals surface area contributed by atoms with Gasteiger partial charge >= 0.3 is 5.97 Å². The van der Waals surface area contributed by atoms with E-state index in [0.29, 0.717) is 19.1 Å². The number of nitrogens with zero attached hydrogens (tertiary/aromatic N) is 2. The lowest BCUT2D eigenvalue weighted by molar-refractivity contribution is 0.0519. The maximum Gasteiger partial charge on any atom is 0.357 e. The molecule has 0 saturated carbocycles. The van der Waals surface area contributed by atoms with Gasteiger partial charge in [-0.1, -0.05) is 6.08 Å². The average molecular weight is 207 g/mol. The van der Waals surface area contributed by atoms with E-state index >= 15 is 0 Å². The van der Waals surface area contributed by atoms with Crippen molar-refractivity contribution < 1.29 is 9.53 Å². The summed E-state index contributed by atoms with van der Waals surface area (Å²) < 4.78 is 4.81. The van der Waals surface area contributed by atoms with E-state index in [9.17, 15) is 4.79 Å². The molecule has 0 radical (unpaired) electrons. The summed E-state index contributed by atoms with van der Waals surface area (Å²) in [4.78, 5) is 19.2. The second-order valence-electron chi connectivity index (χ2n) is 2.66. The second kappa shape index (κ2) is 5.74. The SMILES string of the molecule is C=CCNc1nccc(C(=O)OCC)n1. The smallest absolute Gasteiger partial charge is 0.357 e. The maximum absolute atomic E-state index is 11.3. The molecule has 0 saturated heterocycles. The van der Waals surface area contributed by atoms with Gasteiger partial charge in [0.25, 0.3) is 0 Å². The first-order chi connectivity index (χ1) is 7.27. The molecule has 80 valence electrons. The highest BCUT2D eigenvalue weighted by molar-refractivity contribution is 5.87. The predicted molar refractivity (Wildman–Crippen MR) is 56.7 cm³/mol. The molecule has 0 fully saturated rings. The Hall–Kier alpha value is -1.91. The zero-order chi connectivity index (χ0) is 11.1. The fourth-order valence-corrected chi connectivity index (χ4v) is 0.926. The van der Waals surface area contributed by atoms with Crippen molar-refractivity contribution in [3.63, 3.8) is 0 Å². The Labute approximate surface area is 88.2 Å². The number of rotatable bonds is 5. The van der Waals surface area contributed by atoms with Crippen molar-refractivity contribution in [3.05, 3.63) is 30.6 Å². The van der Waals surface area contributed by atoms with Gasteiger partial charge in [-0.15, -0.1) is 6.58 Å². The van der Waals surface area contributed by atoms with E-state index < -0.39 is 5.97 Å². The Morgan fingerprint density at radius 3 is 3.20 bits per heavy atom. The highest BCUT2D eigenvalue weighted by atomic mass is 16.5. The number of esters is 1. The lowest BCUT2D eigenvalue weighted by atomic mass is 10.4. The molecule has 15 heavy (non-hydrogen) atoms. The molecule has 0 aliphatic carbocycles. The lowest BCUT2D eigenvalue weighted by Crippen LogP contribution is -2.10. The topological polar surface area (TPSA) is 64.1 Å². The molecule has 0 spiro atoms. The first kappa shape index (κ1) is 11.2. The molecule has 5 nitrogen and oxygen atoms in total. The van der Waals surface area contributed by atoms with Crippen molar-refractivity contribution in [1.29, 1.82) is 0 Å². The van der Waals surface area contributed by atoms with E-state index in [2.05, 4.69) is 21.9 Å². The van der Waals surface area contributed by atoms with Crippen LogP contribution in [0.2, 0.25) is 0 Å². The Morgan fingerprint density at radius 1 is 1.73 bits per heavy atom. The minimum atomic E-state index is -0.443. The third kappa shape index (κ3) is 3.38. The number of ether oxygens (including phenoxy) is 1. The van der Waals surface area contributed by atoms with Crippen LogP contribution in [0, 0.1) is 0 Å². The van der Waals surface area contributed by atoms with Crippen LogP contribution in [-0.2, 0) is 4.74 Å². The average Bonchev–Trinajstić information content (AvgIpc) is 2.27. The van der Waals surface area contributed by atoms with Crippen LogP contribution in [0.1, 0.15) is 17.4 Å². The molecule has 0 aromatic carbocycles. The number of hydrogen-bond donors (Lipinski definition) is 1. The number of carbonyl (C=O) groups excluding carboxylic acids is 1. The maximum atomic E-state index is 11.3. The summed E-state index contributed by atoms with van der Waals surface area (Å²) in [6, 6.07) is 1.51. The molecule has 0 amide bonds. The zero-order valence-corrected chi connectivity index (χ0v) is 8.56. The number of hydrogen-bond acceptors (Lipinski definition) is 5. The molecule has 0 unspecified atom stereocenters. The zero-order valence-electron chi connectivity index (χ0n) is 8.56. The quantitative estimate of drug-likeness (QED) is 0.581. The van der Waals surface area contributed by atoms with E-state index in [-0.39, 0.29) is 5.69 Å². The summed E-state index contributed by atoms with van der Waals surface area (Å²) in [6.45, 7) is 6.18. The molecule has 1 aromatic heterocycles. The molecule has 0 bridgehead atoms. The standard InChI is InChI=1S/C10H13N3O2/c1-3-6-11-10-12-7-5-8(13-10)9(14)15-4-2/h3,5,7H,1,4,6H2,2H3,(H,11,12,13). The van der Waals surface area contributed by atoms with E-state index in [4.69, 9.17) is 4.74 Å². The van der Waals surface area contributed by atoms with Gasteiger partial charge in [-0.3, -0.25) is 0 Å². The van der Waals surface area contributed by atoms with Crippen LogP contribution in [0.5, 0.6) is 0 Å². The van der Waals surface area contributed by atoms with Gasteiger partial charge in [0.1, 0.15) is 0 Å². The number of aromatic nitrogens is 2. The molecule has 1 aromatic rings. The third-order valence-corrected chi connectivity index (χ3v) is 1.54. The number of carbonyl (C=O) groups is 1. The molecule has 1 N–H and O–H groups in total. The van der Waals surface area contributed by atoms with Crippen molar-refractivity contribution in [2.45, 2.75) is 6.92 Å². The third-order valence-electron chi connectivity index (χ3n) is 1.54. The van der Waals surface area contributed by atoms with Crippen molar-refractivity contribution in [2.24, 2.45) is 0 Å². The van der Waals surface area contributed by atoms with E-state index in [1.807, 2.05) is 0 Å². The molecular formula is C10H13N3O2. The number of anilines is 1. The molecular weight excluding hydrogens is 194 g/mol. The Balaban J connectivity index is 2.73. The highest BCUT2D eigenvalue weighted by Gasteiger charge is 2.08. The molecule has 0 aliphatic rings. The monoisotopic (exact) mass is 207 g/mol. The first-order valence-electron chi connectivity index (χ1n) is 4.63. The van der Waals surface area contributed by atoms with Crippen molar-refractivity contribution in [2.75, 3.05) is 18.5 Å². The van der Waals surface area contributed by atoms with Gasteiger partial charge in [0.15, 0.2) is 5.69 Å². The van der Waals surface area contributed by atoms with Gasteiger partial charge < -0.3 is 10.1 Å². The van der Waals surface area contributed by atoms with Crippen LogP contribution < -0.4 is 5.32 Å². The van der Waals surface area contributed by atoms with Crippen LogP contribution in [0.4, 0.5) is 5.95 Å². The van der Waals surface area contributed by atoms with E-state index in [1.54, 1.807) is 13.0 Å².